The summed E-state index contributed by atoms with van der Waals surface area (Å²) < 4.78 is 4.59. The van der Waals surface area contributed by atoms with Gasteiger partial charge in [-0.2, -0.15) is 0 Å². The number of primary amides is 1. The number of cyclic esters (lactones) is 1. The van der Waals surface area contributed by atoms with Crippen molar-refractivity contribution in [3.8, 4) is 0 Å². The smallest absolute Gasteiger partial charge is 0.321 e. The van der Waals surface area contributed by atoms with Gasteiger partial charge in [0.2, 0.25) is 5.91 Å². The van der Waals surface area contributed by atoms with Crippen molar-refractivity contribution in [2.75, 3.05) is 6.61 Å². The Hall–Kier alpha value is -1.06. The van der Waals surface area contributed by atoms with Gasteiger partial charge in [0.15, 0.2) is 0 Å². The van der Waals surface area contributed by atoms with Crippen LogP contribution in [0.15, 0.2) is 0 Å². The summed E-state index contributed by atoms with van der Waals surface area (Å²) in [5.41, 5.74) is 3.91. The Kier molecular flexibility index (Phi) is 1.39. The standard InChI is InChI=1S/C6H9NO3/c1-6(4(7)8)2-3-10-5(6)9/h2-3H2,1H3,(H2,7,8). The lowest BCUT2D eigenvalue weighted by Gasteiger charge is -2.12. The number of carbonyl (C=O) groups is 2. The van der Waals surface area contributed by atoms with Crippen LogP contribution < -0.4 is 5.73 Å². The van der Waals surface area contributed by atoms with Gasteiger partial charge in [0.05, 0.1) is 6.61 Å². The third-order valence-electron chi connectivity index (χ3n) is 1.83. The van der Waals surface area contributed by atoms with Crippen LogP contribution in [-0.2, 0) is 14.3 Å². The van der Waals surface area contributed by atoms with E-state index in [1.807, 2.05) is 0 Å². The van der Waals surface area contributed by atoms with E-state index in [1.165, 1.54) is 6.92 Å². The molecule has 1 rings (SSSR count). The first-order valence-electron chi connectivity index (χ1n) is 3.04. The van der Waals surface area contributed by atoms with Crippen molar-refractivity contribution < 1.29 is 14.3 Å². The minimum atomic E-state index is -1.07. The largest absolute Gasteiger partial charge is 0.465 e. The molecule has 1 heterocycles. The first-order valence-corrected chi connectivity index (χ1v) is 3.04. The summed E-state index contributed by atoms with van der Waals surface area (Å²) in [5, 5.41) is 0. The SMILES string of the molecule is CC1(C(N)=O)CCOC1=O. The van der Waals surface area contributed by atoms with Gasteiger partial charge in [-0.25, -0.2) is 0 Å². The first kappa shape index (κ1) is 7.05. The quantitative estimate of drug-likeness (QED) is 0.394. The number of carbonyl (C=O) groups excluding carboxylic acids is 2. The number of hydrogen-bond donors (Lipinski definition) is 1. The monoisotopic (exact) mass is 143 g/mol. The molecule has 4 nitrogen and oxygen atoms in total. The molecule has 4 heteroatoms. The maximum atomic E-state index is 10.8. The van der Waals surface area contributed by atoms with Gasteiger partial charge < -0.3 is 10.5 Å². The second-order valence-electron chi connectivity index (χ2n) is 2.58. The summed E-state index contributed by atoms with van der Waals surface area (Å²) in [5.74, 6) is -1.10. The van der Waals surface area contributed by atoms with Gasteiger partial charge in [0.1, 0.15) is 5.41 Å². The van der Waals surface area contributed by atoms with Gasteiger partial charge in [-0.3, -0.25) is 9.59 Å². The van der Waals surface area contributed by atoms with Crippen LogP contribution in [-0.4, -0.2) is 18.5 Å². The number of ether oxygens (including phenoxy) is 1. The highest BCUT2D eigenvalue weighted by atomic mass is 16.5. The predicted octanol–water partition coefficient (Wildman–Crippen LogP) is -0.575. The Morgan fingerprint density at radius 3 is 2.60 bits per heavy atom. The fourth-order valence-electron chi connectivity index (χ4n) is 0.833. The van der Waals surface area contributed by atoms with Crippen LogP contribution in [0.3, 0.4) is 0 Å². The summed E-state index contributed by atoms with van der Waals surface area (Å²) in [6, 6.07) is 0. The lowest BCUT2D eigenvalue weighted by molar-refractivity contribution is -0.150. The van der Waals surface area contributed by atoms with Crippen molar-refractivity contribution in [3.63, 3.8) is 0 Å². The average Bonchev–Trinajstić information content (AvgIpc) is 2.15. The molecule has 1 atom stereocenters. The topological polar surface area (TPSA) is 69.4 Å². The highest BCUT2D eigenvalue weighted by Crippen LogP contribution is 2.28. The van der Waals surface area contributed by atoms with Gasteiger partial charge in [-0.1, -0.05) is 0 Å². The van der Waals surface area contributed by atoms with E-state index in [2.05, 4.69) is 4.74 Å². The molecular formula is C6H9NO3. The zero-order valence-electron chi connectivity index (χ0n) is 5.72. The predicted molar refractivity (Wildman–Crippen MR) is 32.9 cm³/mol. The molecule has 0 radical (unpaired) electrons. The molecule has 1 aliphatic rings. The van der Waals surface area contributed by atoms with Gasteiger partial charge in [0, 0.05) is 6.42 Å². The number of amides is 1. The minimum Gasteiger partial charge on any atom is -0.465 e. The van der Waals surface area contributed by atoms with Crippen LogP contribution in [0.25, 0.3) is 0 Å². The van der Waals surface area contributed by atoms with Crippen molar-refractivity contribution in [1.29, 1.82) is 0 Å². The molecule has 2 N–H and O–H groups in total. The molecule has 0 saturated carbocycles. The Morgan fingerprint density at radius 2 is 2.40 bits per heavy atom. The molecule has 1 aliphatic heterocycles. The van der Waals surface area contributed by atoms with E-state index in [-0.39, 0.29) is 0 Å². The number of esters is 1. The lowest BCUT2D eigenvalue weighted by atomic mass is 9.89. The van der Waals surface area contributed by atoms with E-state index in [9.17, 15) is 9.59 Å². The summed E-state index contributed by atoms with van der Waals surface area (Å²) in [7, 11) is 0. The molecule has 1 unspecified atom stereocenters. The number of hydrogen-bond acceptors (Lipinski definition) is 3. The van der Waals surface area contributed by atoms with E-state index in [4.69, 9.17) is 5.73 Å². The van der Waals surface area contributed by atoms with Crippen LogP contribution in [0.5, 0.6) is 0 Å². The van der Waals surface area contributed by atoms with E-state index in [0.29, 0.717) is 13.0 Å². The molecule has 1 amide bonds. The zero-order chi connectivity index (χ0) is 7.78. The Bertz CT molecular complexity index is 189. The molecule has 1 fully saturated rings. The minimum absolute atomic E-state index is 0.304. The summed E-state index contributed by atoms with van der Waals surface area (Å²) >= 11 is 0. The Balaban J connectivity index is 2.86. The second kappa shape index (κ2) is 1.97. The van der Waals surface area contributed by atoms with Crippen LogP contribution in [0.1, 0.15) is 13.3 Å². The van der Waals surface area contributed by atoms with E-state index in [1.54, 1.807) is 0 Å². The Labute approximate surface area is 58.3 Å². The van der Waals surface area contributed by atoms with Crippen LogP contribution in [0, 0.1) is 5.41 Å². The maximum absolute atomic E-state index is 10.8. The first-order chi connectivity index (χ1) is 4.57. The second-order valence-corrected chi connectivity index (χ2v) is 2.58. The summed E-state index contributed by atoms with van der Waals surface area (Å²) in [6.45, 7) is 1.81. The number of nitrogens with two attached hydrogens (primary N) is 1. The zero-order valence-corrected chi connectivity index (χ0v) is 5.72. The molecule has 1 saturated heterocycles. The molecule has 0 aromatic rings. The van der Waals surface area contributed by atoms with Crippen molar-refractivity contribution in [2.45, 2.75) is 13.3 Å². The van der Waals surface area contributed by atoms with Crippen LogP contribution in [0.4, 0.5) is 0 Å². The third kappa shape index (κ3) is 0.761. The normalized spacial score (nSPS) is 31.9. The molecule has 0 aromatic carbocycles. The average molecular weight is 143 g/mol. The van der Waals surface area contributed by atoms with E-state index in [0.717, 1.165) is 0 Å². The summed E-state index contributed by atoms with van der Waals surface area (Å²) in [4.78, 5) is 21.5. The fourth-order valence-corrected chi connectivity index (χ4v) is 0.833. The third-order valence-corrected chi connectivity index (χ3v) is 1.83. The Morgan fingerprint density at radius 1 is 1.80 bits per heavy atom. The van der Waals surface area contributed by atoms with E-state index >= 15 is 0 Å². The van der Waals surface area contributed by atoms with Crippen molar-refractivity contribution in [1.82, 2.24) is 0 Å². The van der Waals surface area contributed by atoms with Gasteiger partial charge in [0.25, 0.3) is 0 Å². The molecule has 0 bridgehead atoms. The molecule has 0 spiro atoms. The van der Waals surface area contributed by atoms with Gasteiger partial charge in [-0.05, 0) is 6.92 Å². The van der Waals surface area contributed by atoms with Gasteiger partial charge >= 0.3 is 5.97 Å². The van der Waals surface area contributed by atoms with Crippen molar-refractivity contribution >= 4 is 11.9 Å². The molecule has 10 heavy (non-hydrogen) atoms. The molecule has 0 aliphatic carbocycles. The van der Waals surface area contributed by atoms with E-state index < -0.39 is 17.3 Å². The lowest BCUT2D eigenvalue weighted by Crippen LogP contribution is -2.37. The summed E-state index contributed by atoms with van der Waals surface area (Å²) in [6.07, 6.45) is 0.404. The maximum Gasteiger partial charge on any atom is 0.321 e. The van der Waals surface area contributed by atoms with Crippen LogP contribution in [0.2, 0.25) is 0 Å². The number of rotatable bonds is 1. The van der Waals surface area contributed by atoms with Crippen molar-refractivity contribution in [3.05, 3.63) is 0 Å². The highest BCUT2D eigenvalue weighted by molar-refractivity contribution is 6.02. The molecule has 0 aromatic heterocycles. The molecule has 56 valence electrons. The van der Waals surface area contributed by atoms with Crippen molar-refractivity contribution in [2.24, 2.45) is 11.1 Å². The molecular weight excluding hydrogens is 134 g/mol. The fraction of sp³-hybridized carbons (Fsp3) is 0.667. The highest BCUT2D eigenvalue weighted by Gasteiger charge is 2.45. The van der Waals surface area contributed by atoms with Crippen LogP contribution >= 0.6 is 0 Å². The van der Waals surface area contributed by atoms with Gasteiger partial charge in [-0.15, -0.1) is 0 Å².